The van der Waals surface area contributed by atoms with E-state index in [-0.39, 0.29) is 0 Å². The van der Waals surface area contributed by atoms with Crippen LogP contribution < -0.4 is 10.1 Å². The first-order valence-corrected chi connectivity index (χ1v) is 7.04. The van der Waals surface area contributed by atoms with Crippen LogP contribution in [0.2, 0.25) is 0 Å². The molecular formula is C18H23NO. The number of aryl methyl sites for hydroxylation is 2. The Labute approximate surface area is 121 Å². The predicted octanol–water partition coefficient (Wildman–Crippen LogP) is 3.91. The highest BCUT2D eigenvalue weighted by Gasteiger charge is 2.06. The third-order valence-electron chi connectivity index (χ3n) is 3.63. The number of hydrogen-bond donors (Lipinski definition) is 1. The highest BCUT2D eigenvalue weighted by atomic mass is 16.5. The van der Waals surface area contributed by atoms with Crippen LogP contribution in [0.3, 0.4) is 0 Å². The summed E-state index contributed by atoms with van der Waals surface area (Å²) in [5.74, 6) is 1.02. The lowest BCUT2D eigenvalue weighted by atomic mass is 10.1. The summed E-state index contributed by atoms with van der Waals surface area (Å²) < 4.78 is 6.05. The van der Waals surface area contributed by atoms with Crippen LogP contribution in [-0.2, 0) is 13.2 Å². The largest absolute Gasteiger partial charge is 0.488 e. The Hall–Kier alpha value is -1.80. The molecule has 2 rings (SSSR count). The van der Waals surface area contributed by atoms with Gasteiger partial charge in [0.1, 0.15) is 12.4 Å². The molecule has 1 N–H and O–H groups in total. The number of ether oxygens (including phenoxy) is 1. The lowest BCUT2D eigenvalue weighted by Crippen LogP contribution is -2.06. The number of hydrogen-bond acceptors (Lipinski definition) is 2. The first-order chi connectivity index (χ1) is 9.61. The third kappa shape index (κ3) is 3.40. The molecule has 0 amide bonds. The van der Waals surface area contributed by atoms with Crippen molar-refractivity contribution in [3.63, 3.8) is 0 Å². The minimum atomic E-state index is 0.614. The van der Waals surface area contributed by atoms with Gasteiger partial charge >= 0.3 is 0 Å². The van der Waals surface area contributed by atoms with Gasteiger partial charge in [0.15, 0.2) is 0 Å². The van der Waals surface area contributed by atoms with Gasteiger partial charge in [-0.05, 0) is 55.6 Å². The maximum absolute atomic E-state index is 6.05. The van der Waals surface area contributed by atoms with E-state index < -0.39 is 0 Å². The maximum atomic E-state index is 6.05. The van der Waals surface area contributed by atoms with E-state index in [1.807, 2.05) is 7.05 Å². The van der Waals surface area contributed by atoms with Crippen LogP contribution in [0, 0.1) is 20.8 Å². The highest BCUT2D eigenvalue weighted by molar-refractivity contribution is 5.44. The third-order valence-corrected chi connectivity index (χ3v) is 3.63. The molecule has 0 spiro atoms. The fourth-order valence-electron chi connectivity index (χ4n) is 2.34. The average molecular weight is 269 g/mol. The molecule has 0 aliphatic carbocycles. The molecule has 0 saturated carbocycles. The van der Waals surface area contributed by atoms with Crippen LogP contribution in [0.5, 0.6) is 5.75 Å². The predicted molar refractivity (Wildman–Crippen MR) is 84.2 cm³/mol. The van der Waals surface area contributed by atoms with Crippen LogP contribution >= 0.6 is 0 Å². The zero-order chi connectivity index (χ0) is 14.5. The van der Waals surface area contributed by atoms with Crippen molar-refractivity contribution in [3.8, 4) is 5.75 Å². The minimum absolute atomic E-state index is 0.614. The Morgan fingerprint density at radius 2 is 1.65 bits per heavy atom. The second kappa shape index (κ2) is 6.58. The summed E-state index contributed by atoms with van der Waals surface area (Å²) in [6, 6.07) is 12.8. The zero-order valence-corrected chi connectivity index (χ0v) is 12.8. The zero-order valence-electron chi connectivity index (χ0n) is 12.8. The van der Waals surface area contributed by atoms with Crippen molar-refractivity contribution in [3.05, 3.63) is 64.2 Å². The molecular weight excluding hydrogens is 246 g/mol. The van der Waals surface area contributed by atoms with Gasteiger partial charge in [-0.1, -0.05) is 36.4 Å². The summed E-state index contributed by atoms with van der Waals surface area (Å²) in [6.45, 7) is 7.84. The fourth-order valence-corrected chi connectivity index (χ4v) is 2.34. The van der Waals surface area contributed by atoms with Gasteiger partial charge in [0.05, 0.1) is 0 Å². The summed E-state index contributed by atoms with van der Waals surface area (Å²) in [4.78, 5) is 0. The minimum Gasteiger partial charge on any atom is -0.488 e. The first kappa shape index (κ1) is 14.6. The second-order valence-corrected chi connectivity index (χ2v) is 5.29. The Morgan fingerprint density at radius 1 is 0.950 bits per heavy atom. The molecule has 2 aromatic carbocycles. The standard InChI is InChI=1S/C18H23NO/c1-13-8-9-14(2)18(15(13)3)20-12-17-7-5-6-16(10-17)11-19-4/h5-10,19H,11-12H2,1-4H3. The van der Waals surface area contributed by atoms with E-state index in [4.69, 9.17) is 4.74 Å². The fraction of sp³-hybridized carbons (Fsp3) is 0.333. The average Bonchev–Trinajstić information content (AvgIpc) is 2.44. The number of rotatable bonds is 5. The number of benzene rings is 2. The van der Waals surface area contributed by atoms with Gasteiger partial charge in [0.25, 0.3) is 0 Å². The maximum Gasteiger partial charge on any atom is 0.125 e. The van der Waals surface area contributed by atoms with Gasteiger partial charge < -0.3 is 10.1 Å². The molecule has 0 aromatic heterocycles. The van der Waals surface area contributed by atoms with E-state index >= 15 is 0 Å². The van der Waals surface area contributed by atoms with E-state index in [2.05, 4.69) is 62.5 Å². The van der Waals surface area contributed by atoms with Gasteiger partial charge in [-0.15, -0.1) is 0 Å². The van der Waals surface area contributed by atoms with Gasteiger partial charge in [-0.3, -0.25) is 0 Å². The van der Waals surface area contributed by atoms with Gasteiger partial charge in [0.2, 0.25) is 0 Å². The number of nitrogens with one attached hydrogen (secondary N) is 1. The Morgan fingerprint density at radius 3 is 2.40 bits per heavy atom. The molecule has 106 valence electrons. The molecule has 0 heterocycles. The van der Waals surface area contributed by atoms with E-state index in [1.165, 1.54) is 27.8 Å². The summed E-state index contributed by atoms with van der Waals surface area (Å²) in [5, 5.41) is 3.17. The molecule has 0 atom stereocenters. The van der Waals surface area contributed by atoms with E-state index in [1.54, 1.807) is 0 Å². The van der Waals surface area contributed by atoms with Gasteiger partial charge in [0, 0.05) is 6.54 Å². The van der Waals surface area contributed by atoms with Crippen LogP contribution in [0.1, 0.15) is 27.8 Å². The molecule has 20 heavy (non-hydrogen) atoms. The van der Waals surface area contributed by atoms with E-state index in [0.29, 0.717) is 6.61 Å². The van der Waals surface area contributed by atoms with Crippen molar-refractivity contribution in [2.45, 2.75) is 33.9 Å². The van der Waals surface area contributed by atoms with Crippen LogP contribution in [0.25, 0.3) is 0 Å². The van der Waals surface area contributed by atoms with Gasteiger partial charge in [-0.2, -0.15) is 0 Å². The normalized spacial score (nSPS) is 10.6. The lowest BCUT2D eigenvalue weighted by Gasteiger charge is -2.14. The summed E-state index contributed by atoms with van der Waals surface area (Å²) >= 11 is 0. The summed E-state index contributed by atoms with van der Waals surface area (Å²) in [6.07, 6.45) is 0. The van der Waals surface area contributed by atoms with Crippen LogP contribution in [-0.4, -0.2) is 7.05 Å². The molecule has 2 aromatic rings. The molecule has 0 saturated heterocycles. The van der Waals surface area contributed by atoms with E-state index in [9.17, 15) is 0 Å². The van der Waals surface area contributed by atoms with Crippen molar-refractivity contribution in [1.82, 2.24) is 5.32 Å². The van der Waals surface area contributed by atoms with Crippen LogP contribution in [0.15, 0.2) is 36.4 Å². The molecule has 2 heteroatoms. The Bertz CT molecular complexity index is 590. The Balaban J connectivity index is 2.13. The summed E-state index contributed by atoms with van der Waals surface area (Å²) in [7, 11) is 1.96. The van der Waals surface area contributed by atoms with Crippen molar-refractivity contribution in [1.29, 1.82) is 0 Å². The molecule has 0 aliphatic heterocycles. The SMILES string of the molecule is CNCc1cccc(COc2c(C)ccc(C)c2C)c1. The molecule has 0 bridgehead atoms. The second-order valence-electron chi connectivity index (χ2n) is 5.29. The topological polar surface area (TPSA) is 21.3 Å². The van der Waals surface area contributed by atoms with Gasteiger partial charge in [-0.25, -0.2) is 0 Å². The summed E-state index contributed by atoms with van der Waals surface area (Å²) in [5.41, 5.74) is 6.19. The molecule has 0 radical (unpaired) electrons. The molecule has 0 fully saturated rings. The lowest BCUT2D eigenvalue weighted by molar-refractivity contribution is 0.301. The van der Waals surface area contributed by atoms with Crippen molar-refractivity contribution in [2.75, 3.05) is 7.05 Å². The van der Waals surface area contributed by atoms with Crippen molar-refractivity contribution < 1.29 is 4.74 Å². The van der Waals surface area contributed by atoms with Crippen LogP contribution in [0.4, 0.5) is 0 Å². The molecule has 0 aliphatic rings. The molecule has 0 unspecified atom stereocenters. The smallest absolute Gasteiger partial charge is 0.125 e. The first-order valence-electron chi connectivity index (χ1n) is 7.04. The monoisotopic (exact) mass is 269 g/mol. The Kier molecular flexibility index (Phi) is 4.80. The van der Waals surface area contributed by atoms with E-state index in [0.717, 1.165) is 12.3 Å². The molecule has 2 nitrogen and oxygen atoms in total. The quantitative estimate of drug-likeness (QED) is 0.888. The highest BCUT2D eigenvalue weighted by Crippen LogP contribution is 2.26. The van der Waals surface area contributed by atoms with Crippen molar-refractivity contribution in [2.24, 2.45) is 0 Å². The van der Waals surface area contributed by atoms with Crippen molar-refractivity contribution >= 4 is 0 Å².